The summed E-state index contributed by atoms with van der Waals surface area (Å²) in [6.07, 6.45) is 4.50. The van der Waals surface area contributed by atoms with Gasteiger partial charge >= 0.3 is 0 Å². The highest BCUT2D eigenvalue weighted by atomic mass is 16.6. The molecule has 0 amide bonds. The van der Waals surface area contributed by atoms with Gasteiger partial charge in [0.2, 0.25) is 0 Å². The van der Waals surface area contributed by atoms with Crippen molar-refractivity contribution in [1.29, 1.82) is 5.26 Å². The molecule has 2 aliphatic rings. The number of carbonyl (C=O) groups is 1. The van der Waals surface area contributed by atoms with E-state index in [0.29, 0.717) is 37.5 Å². The van der Waals surface area contributed by atoms with Crippen molar-refractivity contribution in [2.45, 2.75) is 25.5 Å². The highest BCUT2D eigenvalue weighted by Gasteiger charge is 2.25. The second-order valence-electron chi connectivity index (χ2n) is 6.12. The molecule has 0 N–H and O–H groups in total. The lowest BCUT2D eigenvalue weighted by atomic mass is 9.86. The van der Waals surface area contributed by atoms with Crippen LogP contribution in [0.2, 0.25) is 0 Å². The van der Waals surface area contributed by atoms with Crippen LogP contribution in [0.1, 0.15) is 27.0 Å². The number of carbonyl (C=O) groups excluding carboxylic acids is 1. The molecule has 6 nitrogen and oxygen atoms in total. The molecular weight excluding hydrogens is 306 g/mol. The monoisotopic (exact) mass is 323 g/mol. The van der Waals surface area contributed by atoms with Crippen molar-refractivity contribution < 1.29 is 14.3 Å². The van der Waals surface area contributed by atoms with E-state index in [1.54, 1.807) is 6.07 Å². The number of hydrogen-bond acceptors (Lipinski definition) is 5. The van der Waals surface area contributed by atoms with Crippen LogP contribution in [0.5, 0.6) is 0 Å². The Morgan fingerprint density at radius 2 is 2.21 bits per heavy atom. The highest BCUT2D eigenvalue weighted by molar-refractivity contribution is 5.83. The van der Waals surface area contributed by atoms with Gasteiger partial charge in [0, 0.05) is 17.3 Å². The number of ether oxygens (including phenoxy) is 2. The molecule has 1 saturated heterocycles. The van der Waals surface area contributed by atoms with Crippen LogP contribution in [0, 0.1) is 11.3 Å². The second-order valence-corrected chi connectivity index (χ2v) is 6.12. The molecule has 1 fully saturated rings. The third-order valence-electron chi connectivity index (χ3n) is 4.51. The lowest BCUT2D eigenvalue weighted by molar-refractivity contribution is -0.0946. The summed E-state index contributed by atoms with van der Waals surface area (Å²) in [5.41, 5.74) is 4.92. The minimum atomic E-state index is 0.00690. The van der Waals surface area contributed by atoms with Gasteiger partial charge in [-0.2, -0.15) is 10.4 Å². The van der Waals surface area contributed by atoms with E-state index in [2.05, 4.69) is 6.07 Å². The molecule has 1 aromatic heterocycles. The summed E-state index contributed by atoms with van der Waals surface area (Å²) in [5.74, 6) is 0. The summed E-state index contributed by atoms with van der Waals surface area (Å²) in [6, 6.07) is 5.71. The highest BCUT2D eigenvalue weighted by Crippen LogP contribution is 2.35. The van der Waals surface area contributed by atoms with Crippen LogP contribution in [-0.2, 0) is 28.9 Å². The predicted octanol–water partition coefficient (Wildman–Crippen LogP) is 1.75. The van der Waals surface area contributed by atoms with E-state index < -0.39 is 0 Å². The Balaban J connectivity index is 1.71. The van der Waals surface area contributed by atoms with Gasteiger partial charge < -0.3 is 9.47 Å². The molecule has 0 spiro atoms. The molecule has 0 bridgehead atoms. The number of benzene rings is 1. The molecule has 0 unspecified atom stereocenters. The summed E-state index contributed by atoms with van der Waals surface area (Å²) < 4.78 is 13.0. The third kappa shape index (κ3) is 2.62. The Hall–Kier alpha value is -2.49. The molecule has 1 aromatic carbocycles. The van der Waals surface area contributed by atoms with Gasteiger partial charge in [-0.05, 0) is 36.1 Å². The molecule has 2 aromatic rings. The molecule has 6 heteroatoms. The number of fused-ring (bicyclic) bond motifs is 3. The van der Waals surface area contributed by atoms with Crippen molar-refractivity contribution in [2.75, 3.05) is 19.8 Å². The standard InChI is InChI=1S/C18H17N3O3/c19-7-15-6-12(10-22)5-13-1-2-14-8-21(20-18(14)17(13)15)9-16-11-23-3-4-24-16/h5-6,8,10,16H,1-4,9,11H2/t16-/m0/s1. The normalized spacial score (nSPS) is 19.2. The fraction of sp³-hybridized carbons (Fsp3) is 0.389. The zero-order valence-corrected chi connectivity index (χ0v) is 13.2. The largest absolute Gasteiger partial charge is 0.376 e. The summed E-state index contributed by atoms with van der Waals surface area (Å²) in [7, 11) is 0. The number of nitrogens with zero attached hydrogens (tertiary/aromatic N) is 3. The molecule has 1 aliphatic carbocycles. The van der Waals surface area contributed by atoms with Crippen LogP contribution >= 0.6 is 0 Å². The number of aryl methyl sites for hydroxylation is 2. The molecule has 1 aliphatic heterocycles. The van der Waals surface area contributed by atoms with E-state index >= 15 is 0 Å². The average molecular weight is 323 g/mol. The lowest BCUT2D eigenvalue weighted by Crippen LogP contribution is -2.32. The third-order valence-corrected chi connectivity index (χ3v) is 4.51. The number of nitriles is 1. The Bertz CT molecular complexity index is 829. The zero-order chi connectivity index (χ0) is 16.5. The predicted molar refractivity (Wildman–Crippen MR) is 85.7 cm³/mol. The van der Waals surface area contributed by atoms with E-state index in [1.807, 2.05) is 16.9 Å². The summed E-state index contributed by atoms with van der Waals surface area (Å²) >= 11 is 0. The zero-order valence-electron chi connectivity index (χ0n) is 13.2. The van der Waals surface area contributed by atoms with Gasteiger partial charge in [0.25, 0.3) is 0 Å². The van der Waals surface area contributed by atoms with Crippen molar-refractivity contribution in [1.82, 2.24) is 9.78 Å². The minimum Gasteiger partial charge on any atom is -0.376 e. The van der Waals surface area contributed by atoms with E-state index in [9.17, 15) is 10.1 Å². The molecule has 2 heterocycles. The smallest absolute Gasteiger partial charge is 0.150 e. The molecule has 0 radical (unpaired) electrons. The summed E-state index contributed by atoms with van der Waals surface area (Å²) in [6.45, 7) is 2.47. The van der Waals surface area contributed by atoms with Crippen LogP contribution in [0.3, 0.4) is 0 Å². The number of rotatable bonds is 3. The van der Waals surface area contributed by atoms with Gasteiger partial charge in [-0.15, -0.1) is 0 Å². The molecule has 122 valence electrons. The van der Waals surface area contributed by atoms with E-state index in [4.69, 9.17) is 14.6 Å². The number of hydrogen-bond donors (Lipinski definition) is 0. The Kier molecular flexibility index (Phi) is 3.89. The van der Waals surface area contributed by atoms with Crippen molar-refractivity contribution >= 4 is 6.29 Å². The number of aromatic nitrogens is 2. The number of aldehydes is 1. The van der Waals surface area contributed by atoms with Crippen LogP contribution in [0.25, 0.3) is 11.3 Å². The first-order valence-corrected chi connectivity index (χ1v) is 8.06. The van der Waals surface area contributed by atoms with Gasteiger partial charge in [-0.3, -0.25) is 9.48 Å². The fourth-order valence-corrected chi connectivity index (χ4v) is 3.43. The van der Waals surface area contributed by atoms with Crippen molar-refractivity contribution in [3.8, 4) is 17.3 Å². The van der Waals surface area contributed by atoms with Crippen LogP contribution in [0.15, 0.2) is 18.3 Å². The summed E-state index contributed by atoms with van der Waals surface area (Å²) in [4.78, 5) is 11.1. The van der Waals surface area contributed by atoms with Crippen molar-refractivity contribution in [2.24, 2.45) is 0 Å². The van der Waals surface area contributed by atoms with E-state index in [0.717, 1.165) is 41.5 Å². The SMILES string of the molecule is N#Cc1cc(C=O)cc2c1-c1nn(C[C@H]3COCCO3)cc1CC2. The van der Waals surface area contributed by atoms with Gasteiger partial charge in [-0.25, -0.2) is 0 Å². The molecular formula is C18H17N3O3. The summed E-state index contributed by atoms with van der Waals surface area (Å²) in [5, 5.41) is 14.2. The van der Waals surface area contributed by atoms with Crippen LogP contribution in [-0.4, -0.2) is 42.0 Å². The van der Waals surface area contributed by atoms with Gasteiger partial charge in [-0.1, -0.05) is 0 Å². The first-order valence-electron chi connectivity index (χ1n) is 8.06. The van der Waals surface area contributed by atoms with Gasteiger partial charge in [0.05, 0.1) is 43.7 Å². The molecule has 4 rings (SSSR count). The Morgan fingerprint density at radius 3 is 2.96 bits per heavy atom. The Labute approximate surface area is 139 Å². The first-order chi connectivity index (χ1) is 11.8. The van der Waals surface area contributed by atoms with Gasteiger partial charge in [0.1, 0.15) is 12.4 Å². The van der Waals surface area contributed by atoms with E-state index in [-0.39, 0.29) is 6.10 Å². The second kappa shape index (κ2) is 6.19. The first kappa shape index (κ1) is 15.1. The quantitative estimate of drug-likeness (QED) is 0.804. The minimum absolute atomic E-state index is 0.00690. The maximum absolute atomic E-state index is 11.1. The maximum Gasteiger partial charge on any atom is 0.150 e. The molecule has 1 atom stereocenters. The molecule has 24 heavy (non-hydrogen) atoms. The topological polar surface area (TPSA) is 77.1 Å². The maximum atomic E-state index is 11.1. The van der Waals surface area contributed by atoms with Crippen molar-refractivity contribution in [3.63, 3.8) is 0 Å². The van der Waals surface area contributed by atoms with Gasteiger partial charge in [0.15, 0.2) is 0 Å². The van der Waals surface area contributed by atoms with E-state index in [1.165, 1.54) is 0 Å². The lowest BCUT2D eigenvalue weighted by Gasteiger charge is -2.22. The van der Waals surface area contributed by atoms with Crippen molar-refractivity contribution in [3.05, 3.63) is 40.6 Å². The van der Waals surface area contributed by atoms with Crippen LogP contribution in [0.4, 0.5) is 0 Å². The van der Waals surface area contributed by atoms with Crippen LogP contribution < -0.4 is 0 Å². The molecule has 0 saturated carbocycles. The Morgan fingerprint density at radius 1 is 1.33 bits per heavy atom. The fourth-order valence-electron chi connectivity index (χ4n) is 3.43. The average Bonchev–Trinajstić information content (AvgIpc) is 3.03.